The summed E-state index contributed by atoms with van der Waals surface area (Å²) in [5, 5.41) is 3.90. The number of rotatable bonds is 6. The van der Waals surface area contributed by atoms with Crippen LogP contribution in [-0.4, -0.2) is 18.1 Å². The Hall–Kier alpha value is -0.320. The van der Waals surface area contributed by atoms with Gasteiger partial charge in [0.15, 0.2) is 0 Å². The molecule has 3 N–H and O–H groups in total. The SMILES string of the molecule is CC(CN)CCCNc1ncc(Cl)cc1Br. The second-order valence-electron chi connectivity index (χ2n) is 3.89. The minimum absolute atomic E-state index is 0.586. The van der Waals surface area contributed by atoms with Crippen LogP contribution in [0.2, 0.25) is 5.02 Å². The van der Waals surface area contributed by atoms with Crippen molar-refractivity contribution in [2.75, 3.05) is 18.4 Å². The lowest BCUT2D eigenvalue weighted by Gasteiger charge is -2.10. The maximum absolute atomic E-state index is 5.80. The Balaban J connectivity index is 2.32. The third-order valence-electron chi connectivity index (χ3n) is 2.38. The van der Waals surface area contributed by atoms with Crippen LogP contribution in [0.4, 0.5) is 5.82 Å². The van der Waals surface area contributed by atoms with E-state index in [1.807, 2.05) is 6.07 Å². The van der Waals surface area contributed by atoms with Gasteiger partial charge in [0.1, 0.15) is 5.82 Å². The molecule has 0 fully saturated rings. The number of nitrogens with two attached hydrogens (primary N) is 1. The third-order valence-corrected chi connectivity index (χ3v) is 3.19. The highest BCUT2D eigenvalue weighted by molar-refractivity contribution is 9.10. The van der Waals surface area contributed by atoms with Crippen molar-refractivity contribution in [1.82, 2.24) is 4.98 Å². The van der Waals surface area contributed by atoms with Crippen LogP contribution in [-0.2, 0) is 0 Å². The maximum atomic E-state index is 5.80. The Morgan fingerprint density at radius 1 is 1.62 bits per heavy atom. The lowest BCUT2D eigenvalue weighted by molar-refractivity contribution is 0.529. The van der Waals surface area contributed by atoms with Crippen molar-refractivity contribution in [1.29, 1.82) is 0 Å². The molecule has 0 aromatic carbocycles. The summed E-state index contributed by atoms with van der Waals surface area (Å²) in [7, 11) is 0. The van der Waals surface area contributed by atoms with Gasteiger partial charge in [-0.2, -0.15) is 0 Å². The standard InChI is InChI=1S/C11H17BrClN3/c1-8(6-14)3-2-4-15-11-10(12)5-9(13)7-16-11/h5,7-8H,2-4,6,14H2,1H3,(H,15,16). The molecule has 0 radical (unpaired) electrons. The van der Waals surface area contributed by atoms with Crippen molar-refractivity contribution in [3.8, 4) is 0 Å². The minimum atomic E-state index is 0.586. The van der Waals surface area contributed by atoms with Crippen molar-refractivity contribution >= 4 is 33.3 Å². The number of pyridine rings is 1. The minimum Gasteiger partial charge on any atom is -0.369 e. The van der Waals surface area contributed by atoms with E-state index in [1.54, 1.807) is 6.20 Å². The average molecular weight is 307 g/mol. The fraction of sp³-hybridized carbons (Fsp3) is 0.545. The Labute approximate surface area is 110 Å². The van der Waals surface area contributed by atoms with Crippen LogP contribution in [0.25, 0.3) is 0 Å². The molecule has 0 bridgehead atoms. The Kier molecular flexibility index (Phi) is 6.09. The monoisotopic (exact) mass is 305 g/mol. The van der Waals surface area contributed by atoms with Gasteiger partial charge in [0, 0.05) is 12.7 Å². The summed E-state index contributed by atoms with van der Waals surface area (Å²) in [6, 6.07) is 1.83. The summed E-state index contributed by atoms with van der Waals surface area (Å²) in [6.45, 7) is 3.82. The third kappa shape index (κ3) is 4.68. The fourth-order valence-corrected chi connectivity index (χ4v) is 2.10. The highest BCUT2D eigenvalue weighted by Gasteiger charge is 2.02. The van der Waals surface area contributed by atoms with E-state index in [0.29, 0.717) is 10.9 Å². The predicted molar refractivity (Wildman–Crippen MR) is 72.9 cm³/mol. The quantitative estimate of drug-likeness (QED) is 0.793. The normalized spacial score (nSPS) is 12.5. The lowest BCUT2D eigenvalue weighted by atomic mass is 10.1. The van der Waals surface area contributed by atoms with Crippen LogP contribution >= 0.6 is 27.5 Å². The summed E-state index contributed by atoms with van der Waals surface area (Å²) in [5.74, 6) is 1.42. The van der Waals surface area contributed by atoms with Gasteiger partial charge >= 0.3 is 0 Å². The number of hydrogen-bond acceptors (Lipinski definition) is 3. The average Bonchev–Trinajstić information content (AvgIpc) is 2.26. The number of hydrogen-bond donors (Lipinski definition) is 2. The molecular weight excluding hydrogens is 289 g/mol. The van der Waals surface area contributed by atoms with Crippen LogP contribution < -0.4 is 11.1 Å². The smallest absolute Gasteiger partial charge is 0.140 e. The van der Waals surface area contributed by atoms with E-state index in [4.69, 9.17) is 17.3 Å². The highest BCUT2D eigenvalue weighted by Crippen LogP contribution is 2.23. The highest BCUT2D eigenvalue weighted by atomic mass is 79.9. The molecule has 1 heterocycles. The molecule has 0 amide bonds. The summed E-state index contributed by atoms with van der Waals surface area (Å²) in [5.41, 5.74) is 5.55. The number of nitrogens with zero attached hydrogens (tertiary/aromatic N) is 1. The largest absolute Gasteiger partial charge is 0.369 e. The maximum Gasteiger partial charge on any atom is 0.140 e. The summed E-state index contributed by atoms with van der Waals surface area (Å²) in [4.78, 5) is 4.20. The molecule has 1 aromatic rings. The molecule has 0 spiro atoms. The number of aromatic nitrogens is 1. The Morgan fingerprint density at radius 3 is 3.00 bits per heavy atom. The lowest BCUT2D eigenvalue weighted by Crippen LogP contribution is -2.12. The molecule has 0 aliphatic carbocycles. The zero-order valence-electron chi connectivity index (χ0n) is 9.34. The van der Waals surface area contributed by atoms with Crippen LogP contribution in [0.1, 0.15) is 19.8 Å². The van der Waals surface area contributed by atoms with Gasteiger partial charge in [-0.1, -0.05) is 18.5 Å². The molecule has 0 saturated heterocycles. The van der Waals surface area contributed by atoms with E-state index in [0.717, 1.165) is 36.2 Å². The van der Waals surface area contributed by atoms with E-state index < -0.39 is 0 Å². The van der Waals surface area contributed by atoms with Gasteiger partial charge in [-0.25, -0.2) is 4.98 Å². The zero-order chi connectivity index (χ0) is 12.0. The van der Waals surface area contributed by atoms with Gasteiger partial charge < -0.3 is 11.1 Å². The molecule has 1 rings (SSSR count). The van der Waals surface area contributed by atoms with Crippen LogP contribution in [0.3, 0.4) is 0 Å². The van der Waals surface area contributed by atoms with Gasteiger partial charge in [-0.3, -0.25) is 0 Å². The second kappa shape index (κ2) is 7.09. The molecule has 1 atom stereocenters. The summed E-state index contributed by atoms with van der Waals surface area (Å²) in [6.07, 6.45) is 3.86. The van der Waals surface area contributed by atoms with Gasteiger partial charge in [0.25, 0.3) is 0 Å². The van der Waals surface area contributed by atoms with Crippen LogP contribution in [0, 0.1) is 5.92 Å². The fourth-order valence-electron chi connectivity index (χ4n) is 1.32. The summed E-state index contributed by atoms with van der Waals surface area (Å²) < 4.78 is 0.895. The molecule has 0 saturated carbocycles. The molecule has 3 nitrogen and oxygen atoms in total. The van der Waals surface area contributed by atoms with Crippen LogP contribution in [0.15, 0.2) is 16.7 Å². The van der Waals surface area contributed by atoms with Crippen molar-refractivity contribution < 1.29 is 0 Å². The first-order valence-corrected chi connectivity index (χ1v) is 6.55. The van der Waals surface area contributed by atoms with E-state index in [1.165, 1.54) is 0 Å². The Bertz CT molecular complexity index is 333. The molecule has 1 aromatic heterocycles. The molecule has 0 aliphatic rings. The first-order chi connectivity index (χ1) is 7.63. The van der Waals surface area contributed by atoms with Crippen molar-refractivity contribution in [3.63, 3.8) is 0 Å². The van der Waals surface area contributed by atoms with Gasteiger partial charge in [0.05, 0.1) is 9.50 Å². The zero-order valence-corrected chi connectivity index (χ0v) is 11.7. The van der Waals surface area contributed by atoms with E-state index in [2.05, 4.69) is 33.2 Å². The Morgan fingerprint density at radius 2 is 2.38 bits per heavy atom. The van der Waals surface area contributed by atoms with Crippen molar-refractivity contribution in [2.45, 2.75) is 19.8 Å². The van der Waals surface area contributed by atoms with Crippen molar-refractivity contribution in [2.24, 2.45) is 11.7 Å². The molecule has 1 unspecified atom stereocenters. The first kappa shape index (κ1) is 13.7. The van der Waals surface area contributed by atoms with E-state index >= 15 is 0 Å². The molecule has 16 heavy (non-hydrogen) atoms. The first-order valence-electron chi connectivity index (χ1n) is 5.38. The van der Waals surface area contributed by atoms with Gasteiger partial charge in [0.2, 0.25) is 0 Å². The van der Waals surface area contributed by atoms with Gasteiger partial charge in [-0.05, 0) is 47.3 Å². The molecular formula is C11H17BrClN3. The van der Waals surface area contributed by atoms with Crippen LogP contribution in [0.5, 0.6) is 0 Å². The number of nitrogens with one attached hydrogen (secondary N) is 1. The van der Waals surface area contributed by atoms with E-state index in [9.17, 15) is 0 Å². The number of halogens is 2. The van der Waals surface area contributed by atoms with Crippen molar-refractivity contribution in [3.05, 3.63) is 21.8 Å². The molecule has 0 aliphatic heterocycles. The van der Waals surface area contributed by atoms with E-state index in [-0.39, 0.29) is 0 Å². The predicted octanol–water partition coefficient (Wildman–Crippen LogP) is 3.28. The number of anilines is 1. The molecule has 90 valence electrons. The summed E-state index contributed by atoms with van der Waals surface area (Å²) >= 11 is 9.22. The second-order valence-corrected chi connectivity index (χ2v) is 5.18. The van der Waals surface area contributed by atoms with Gasteiger partial charge in [-0.15, -0.1) is 0 Å². The molecule has 5 heteroatoms. The topological polar surface area (TPSA) is 50.9 Å².